The Hall–Kier alpha value is -1.69. The van der Waals surface area contributed by atoms with E-state index in [0.717, 1.165) is 47.3 Å². The van der Waals surface area contributed by atoms with Crippen LogP contribution in [0.4, 0.5) is 5.82 Å². The van der Waals surface area contributed by atoms with E-state index in [0.29, 0.717) is 6.54 Å². The number of aliphatic carboxylic acids is 1. The van der Waals surface area contributed by atoms with Crippen molar-refractivity contribution in [3.8, 4) is 0 Å². The van der Waals surface area contributed by atoms with Gasteiger partial charge in [0.05, 0.1) is 15.6 Å². The molecule has 20 heavy (non-hydrogen) atoms. The summed E-state index contributed by atoms with van der Waals surface area (Å²) in [6, 6.07) is 0. The van der Waals surface area contributed by atoms with Gasteiger partial charge in [-0.15, -0.1) is 11.3 Å². The number of anilines is 1. The van der Waals surface area contributed by atoms with Crippen LogP contribution in [0.25, 0.3) is 10.2 Å². The Morgan fingerprint density at radius 2 is 2.20 bits per heavy atom. The number of nitrogens with one attached hydrogen (secondary N) is 1. The fraction of sp³-hybridized carbons (Fsp3) is 0.500. The first-order valence-electron chi connectivity index (χ1n) is 6.78. The molecule has 0 aliphatic heterocycles. The van der Waals surface area contributed by atoms with Gasteiger partial charge in [0.1, 0.15) is 12.1 Å². The largest absolute Gasteiger partial charge is 0.481 e. The Morgan fingerprint density at radius 3 is 2.90 bits per heavy atom. The highest BCUT2D eigenvalue weighted by Gasteiger charge is 2.41. The summed E-state index contributed by atoms with van der Waals surface area (Å²) in [7, 11) is 0. The lowest BCUT2D eigenvalue weighted by molar-refractivity contribution is -0.147. The topological polar surface area (TPSA) is 75.1 Å². The molecular formula is C14H17N3O2S. The van der Waals surface area contributed by atoms with E-state index in [2.05, 4.69) is 15.3 Å². The summed E-state index contributed by atoms with van der Waals surface area (Å²) in [6.07, 6.45) is 5.00. The van der Waals surface area contributed by atoms with E-state index in [4.69, 9.17) is 0 Å². The van der Waals surface area contributed by atoms with Crippen molar-refractivity contribution < 1.29 is 9.90 Å². The first-order valence-corrected chi connectivity index (χ1v) is 7.66. The molecule has 2 aromatic rings. The van der Waals surface area contributed by atoms with Crippen LogP contribution in [-0.4, -0.2) is 27.6 Å². The quantitative estimate of drug-likeness (QED) is 0.905. The number of aromatic nitrogens is 2. The minimum atomic E-state index is -0.699. The van der Waals surface area contributed by atoms with Gasteiger partial charge in [0.25, 0.3) is 0 Å². The molecule has 0 amide bonds. The van der Waals surface area contributed by atoms with Gasteiger partial charge in [-0.25, -0.2) is 9.97 Å². The van der Waals surface area contributed by atoms with E-state index in [9.17, 15) is 9.90 Å². The van der Waals surface area contributed by atoms with Crippen molar-refractivity contribution in [1.29, 1.82) is 0 Å². The lowest BCUT2D eigenvalue weighted by Gasteiger charge is -2.24. The number of fused-ring (bicyclic) bond motifs is 1. The number of rotatable bonds is 4. The van der Waals surface area contributed by atoms with Gasteiger partial charge in [-0.1, -0.05) is 12.8 Å². The number of carbonyl (C=O) groups is 1. The third-order valence-corrected chi connectivity index (χ3v) is 5.23. The fourth-order valence-corrected chi connectivity index (χ4v) is 3.83. The van der Waals surface area contributed by atoms with E-state index in [1.54, 1.807) is 11.3 Å². The smallest absolute Gasteiger partial charge is 0.311 e. The monoisotopic (exact) mass is 291 g/mol. The highest BCUT2D eigenvalue weighted by molar-refractivity contribution is 7.18. The van der Waals surface area contributed by atoms with Crippen LogP contribution in [0.2, 0.25) is 0 Å². The number of nitrogens with zero attached hydrogens (tertiary/aromatic N) is 2. The molecule has 1 saturated carbocycles. The lowest BCUT2D eigenvalue weighted by Crippen LogP contribution is -2.35. The van der Waals surface area contributed by atoms with E-state index in [1.807, 2.05) is 12.3 Å². The Kier molecular flexibility index (Phi) is 3.33. The molecule has 0 spiro atoms. The summed E-state index contributed by atoms with van der Waals surface area (Å²) < 4.78 is 1.00. The van der Waals surface area contributed by atoms with Crippen LogP contribution in [0, 0.1) is 12.3 Å². The number of hydrogen-bond donors (Lipinski definition) is 2. The SMILES string of the molecule is Cc1csc2c(NCC3(C(=O)O)CCCC3)ncnc12. The standard InChI is InChI=1S/C14H17N3O2S/c1-9-6-20-11-10(9)16-8-17-12(11)15-7-14(13(18)19)4-2-3-5-14/h6,8H,2-5,7H2,1H3,(H,18,19)(H,15,16,17). The molecule has 0 aromatic carbocycles. The second-order valence-corrected chi connectivity index (χ2v) is 6.34. The fourth-order valence-electron chi connectivity index (χ4n) is 2.87. The van der Waals surface area contributed by atoms with Gasteiger partial charge in [0, 0.05) is 6.54 Å². The molecule has 0 bridgehead atoms. The first kappa shape index (κ1) is 13.3. The van der Waals surface area contributed by atoms with E-state index in [-0.39, 0.29) is 0 Å². The van der Waals surface area contributed by atoms with Crippen molar-refractivity contribution in [3.05, 3.63) is 17.3 Å². The van der Waals surface area contributed by atoms with E-state index in [1.165, 1.54) is 6.33 Å². The van der Waals surface area contributed by atoms with Gasteiger partial charge < -0.3 is 10.4 Å². The van der Waals surface area contributed by atoms with Crippen molar-refractivity contribution in [3.63, 3.8) is 0 Å². The van der Waals surface area contributed by atoms with Crippen molar-refractivity contribution in [2.24, 2.45) is 5.41 Å². The van der Waals surface area contributed by atoms with Crippen LogP contribution >= 0.6 is 11.3 Å². The van der Waals surface area contributed by atoms with Crippen LogP contribution in [0.15, 0.2) is 11.7 Å². The van der Waals surface area contributed by atoms with Crippen molar-refractivity contribution >= 4 is 33.3 Å². The van der Waals surface area contributed by atoms with Crippen LogP contribution in [0.1, 0.15) is 31.2 Å². The van der Waals surface area contributed by atoms with Gasteiger partial charge in [0.15, 0.2) is 0 Å². The van der Waals surface area contributed by atoms with E-state index < -0.39 is 11.4 Å². The zero-order chi connectivity index (χ0) is 14.2. The number of thiophene rings is 1. The molecule has 6 heteroatoms. The molecule has 0 atom stereocenters. The Bertz CT molecular complexity index is 647. The highest BCUT2D eigenvalue weighted by Crippen LogP contribution is 2.39. The van der Waals surface area contributed by atoms with E-state index >= 15 is 0 Å². The summed E-state index contributed by atoms with van der Waals surface area (Å²) in [5.41, 5.74) is 1.44. The van der Waals surface area contributed by atoms with Crippen LogP contribution < -0.4 is 5.32 Å². The molecule has 5 nitrogen and oxygen atoms in total. The minimum absolute atomic E-state index is 0.436. The van der Waals surface area contributed by atoms with Gasteiger partial charge in [-0.2, -0.15) is 0 Å². The molecule has 1 fully saturated rings. The third-order valence-electron chi connectivity index (χ3n) is 4.14. The third kappa shape index (κ3) is 2.14. The second-order valence-electron chi connectivity index (χ2n) is 5.46. The van der Waals surface area contributed by atoms with Gasteiger partial charge >= 0.3 is 5.97 Å². The number of carboxylic acids is 1. The molecule has 3 rings (SSSR count). The van der Waals surface area contributed by atoms with Crippen LogP contribution in [0.5, 0.6) is 0 Å². The molecular weight excluding hydrogens is 274 g/mol. The molecule has 1 aliphatic carbocycles. The van der Waals surface area contributed by atoms with Crippen molar-refractivity contribution in [2.45, 2.75) is 32.6 Å². The van der Waals surface area contributed by atoms with Crippen molar-refractivity contribution in [1.82, 2.24) is 9.97 Å². The zero-order valence-corrected chi connectivity index (χ0v) is 12.2. The number of aryl methyl sites for hydroxylation is 1. The minimum Gasteiger partial charge on any atom is -0.481 e. The molecule has 0 radical (unpaired) electrons. The first-order chi connectivity index (χ1) is 9.62. The maximum atomic E-state index is 11.5. The molecule has 106 valence electrons. The Labute approximate surface area is 121 Å². The Morgan fingerprint density at radius 1 is 1.45 bits per heavy atom. The summed E-state index contributed by atoms with van der Waals surface area (Å²) in [5, 5.41) is 14.8. The van der Waals surface area contributed by atoms with Gasteiger partial charge in [0.2, 0.25) is 0 Å². The second kappa shape index (κ2) is 5.01. The molecule has 0 saturated heterocycles. The summed E-state index contributed by atoms with van der Waals surface area (Å²) in [5.74, 6) is 0.0517. The van der Waals surface area contributed by atoms with Gasteiger partial charge in [-0.05, 0) is 30.7 Å². The average Bonchev–Trinajstić information content (AvgIpc) is 3.05. The summed E-state index contributed by atoms with van der Waals surface area (Å²) >= 11 is 1.60. The lowest BCUT2D eigenvalue weighted by atomic mass is 9.86. The molecule has 2 N–H and O–H groups in total. The predicted octanol–water partition coefficient (Wildman–Crippen LogP) is 3.06. The maximum absolute atomic E-state index is 11.5. The maximum Gasteiger partial charge on any atom is 0.311 e. The average molecular weight is 291 g/mol. The predicted molar refractivity (Wildman–Crippen MR) is 79.2 cm³/mol. The normalized spacial score (nSPS) is 17.4. The summed E-state index contributed by atoms with van der Waals surface area (Å²) in [4.78, 5) is 20.1. The van der Waals surface area contributed by atoms with Crippen LogP contribution in [-0.2, 0) is 4.79 Å². The summed E-state index contributed by atoms with van der Waals surface area (Å²) in [6.45, 7) is 2.46. The van der Waals surface area contributed by atoms with Crippen molar-refractivity contribution in [2.75, 3.05) is 11.9 Å². The molecule has 1 aliphatic rings. The highest BCUT2D eigenvalue weighted by atomic mass is 32.1. The molecule has 2 heterocycles. The molecule has 0 unspecified atom stereocenters. The number of carboxylic acid groups (broad SMARTS) is 1. The molecule has 2 aromatic heterocycles. The van der Waals surface area contributed by atoms with Gasteiger partial charge in [-0.3, -0.25) is 4.79 Å². The zero-order valence-electron chi connectivity index (χ0n) is 11.3. The Balaban J connectivity index is 1.85. The number of hydrogen-bond acceptors (Lipinski definition) is 5. The van der Waals surface area contributed by atoms with Crippen LogP contribution in [0.3, 0.4) is 0 Å².